The Balaban J connectivity index is 1.04. The predicted molar refractivity (Wildman–Crippen MR) is 256 cm³/mol. The van der Waals surface area contributed by atoms with Gasteiger partial charge in [-0.3, -0.25) is 19.3 Å². The van der Waals surface area contributed by atoms with Crippen molar-refractivity contribution in [3.8, 4) is 23.0 Å². The van der Waals surface area contributed by atoms with Crippen LogP contribution in [0.15, 0.2) is 140 Å². The summed E-state index contributed by atoms with van der Waals surface area (Å²) in [4.78, 5) is 50.2. The van der Waals surface area contributed by atoms with Crippen LogP contribution in [0.4, 0.5) is 17.1 Å². The third kappa shape index (κ3) is 7.06. The number of ether oxygens (including phenoxy) is 4. The van der Waals surface area contributed by atoms with Crippen molar-refractivity contribution in [2.75, 3.05) is 30.6 Å². The number of methoxy groups -OCH3 is 2. The molecule has 66 heavy (non-hydrogen) atoms. The van der Waals surface area contributed by atoms with E-state index in [4.69, 9.17) is 18.9 Å². The first-order valence-electron chi connectivity index (χ1n) is 22.6. The molecule has 1 saturated heterocycles. The number of anilines is 3. The smallest absolute Gasteiger partial charge is 0.266 e. The van der Waals surface area contributed by atoms with Gasteiger partial charge in [-0.25, -0.2) is 0 Å². The van der Waals surface area contributed by atoms with Gasteiger partial charge in [-0.2, -0.15) is 0 Å². The van der Waals surface area contributed by atoms with Gasteiger partial charge < -0.3 is 33.9 Å². The minimum atomic E-state index is -2.61. The third-order valence-electron chi connectivity index (χ3n) is 14.5. The number of hydrogen-bond donors (Lipinski definition) is 1. The summed E-state index contributed by atoms with van der Waals surface area (Å²) in [6, 6.07) is 43.9. The topological polar surface area (TPSA) is 118 Å². The average molecular weight is 900 g/mol. The zero-order valence-electron chi connectivity index (χ0n) is 37.8. The van der Waals surface area contributed by atoms with Gasteiger partial charge >= 0.3 is 0 Å². The lowest BCUT2D eigenvalue weighted by molar-refractivity contribution is -0.151. The van der Waals surface area contributed by atoms with E-state index < -0.39 is 19.8 Å². The Bertz CT molecular complexity index is 2870. The van der Waals surface area contributed by atoms with E-state index in [-0.39, 0.29) is 54.8 Å². The number of aliphatic hydroxyl groups is 1. The number of aliphatic hydroxyl groups excluding tert-OH is 1. The fourth-order valence-electron chi connectivity index (χ4n) is 11.2. The molecule has 336 valence electrons. The summed E-state index contributed by atoms with van der Waals surface area (Å²) < 4.78 is 25.0. The molecule has 0 aliphatic carbocycles. The molecule has 10 rings (SSSR count). The Morgan fingerprint density at radius 1 is 0.788 bits per heavy atom. The maximum absolute atomic E-state index is 15.8. The van der Waals surface area contributed by atoms with Gasteiger partial charge in [0.25, 0.3) is 11.8 Å². The zero-order valence-corrected chi connectivity index (χ0v) is 38.8. The Labute approximate surface area is 386 Å². The highest BCUT2D eigenvalue weighted by Gasteiger charge is 2.66. The van der Waals surface area contributed by atoms with E-state index in [1.54, 1.807) is 41.1 Å². The Hall–Kier alpha value is -6.73. The van der Waals surface area contributed by atoms with Gasteiger partial charge in [0.05, 0.1) is 70.9 Å². The summed E-state index contributed by atoms with van der Waals surface area (Å²) in [5.74, 6) is 1.41. The highest BCUT2D eigenvalue weighted by Crippen LogP contribution is 2.61. The summed E-state index contributed by atoms with van der Waals surface area (Å²) in [7, 11) is 0.645. The number of fused-ring (bicyclic) bond motifs is 5. The second-order valence-electron chi connectivity index (χ2n) is 18.3. The summed E-state index contributed by atoms with van der Waals surface area (Å²) in [6.07, 6.45) is -0.0473. The normalized spacial score (nSPS) is 22.0. The fraction of sp³-hybridized carbons (Fsp3) is 0.278. The Morgan fingerprint density at radius 3 is 2.24 bits per heavy atom. The summed E-state index contributed by atoms with van der Waals surface area (Å²) in [5, 5.41) is 11.8. The number of carbonyl (C=O) groups excluding carboxylic acids is 3. The van der Waals surface area contributed by atoms with Gasteiger partial charge in [0.15, 0.2) is 11.4 Å². The molecule has 12 heteroatoms. The van der Waals surface area contributed by atoms with Crippen LogP contribution in [0.3, 0.4) is 0 Å². The minimum Gasteiger partial charge on any atom is -0.497 e. The van der Waals surface area contributed by atoms with E-state index in [1.807, 2.05) is 109 Å². The van der Waals surface area contributed by atoms with Crippen molar-refractivity contribution in [2.24, 2.45) is 5.92 Å². The average Bonchev–Trinajstić information content (AvgIpc) is 3.71. The van der Waals surface area contributed by atoms with Gasteiger partial charge in [-0.15, -0.1) is 0 Å². The van der Waals surface area contributed by atoms with Crippen LogP contribution >= 0.6 is 0 Å². The monoisotopic (exact) mass is 899 g/mol. The van der Waals surface area contributed by atoms with Gasteiger partial charge in [0.2, 0.25) is 5.91 Å². The first kappa shape index (κ1) is 43.2. The standard InChI is InChI=1S/C54H53N3O8Si/c1-34-51(66(4,5)42-24-21-40(62-2)22-25-42)49(30-50(59)55-32-37-15-7-6-14-36(37)28-39(55)33-58)65-54(34)44-29-41(63-3)23-26-45(44)56(53(54)61)31-35-13-12-16-38(27-35)57-46-18-9-11-20-48(46)64-47-19-10-8-17-43(47)52(57)60/h6-27,29,34,39,49,51,58H,28,30-33H2,1-5H3/t34-,39+,49+,51-,54+/m1/s1. The van der Waals surface area contributed by atoms with E-state index in [9.17, 15) is 14.7 Å². The second kappa shape index (κ2) is 16.9. The largest absolute Gasteiger partial charge is 0.497 e. The summed E-state index contributed by atoms with van der Waals surface area (Å²) in [6.45, 7) is 7.10. The summed E-state index contributed by atoms with van der Waals surface area (Å²) >= 11 is 0. The lowest BCUT2D eigenvalue weighted by Gasteiger charge is -2.39. The zero-order chi connectivity index (χ0) is 45.9. The van der Waals surface area contributed by atoms with Crippen LogP contribution < -0.4 is 29.2 Å². The van der Waals surface area contributed by atoms with Gasteiger partial charge in [0.1, 0.15) is 17.2 Å². The number of hydrogen-bond acceptors (Lipinski definition) is 8. The summed E-state index contributed by atoms with van der Waals surface area (Å²) in [5.41, 5.74) is 4.38. The molecular formula is C54H53N3O8Si. The number of benzene rings is 6. The number of amides is 3. The van der Waals surface area contributed by atoms with E-state index in [2.05, 4.69) is 38.2 Å². The molecule has 4 aliphatic heterocycles. The van der Waals surface area contributed by atoms with E-state index in [0.717, 1.165) is 27.6 Å². The van der Waals surface area contributed by atoms with Crippen LogP contribution in [0.25, 0.3) is 0 Å². The van der Waals surface area contributed by atoms with Crippen LogP contribution in [0.5, 0.6) is 23.0 Å². The SMILES string of the molecule is COc1ccc([Si](C)(C)[C@H]2[C@H](CC(=O)N3Cc4ccccc4C[C@H]3CO)O[C@@]3(C(=O)N(Cc4cccc(N5C(=O)c6ccccc6Oc6ccccc65)c4)c4ccc(OC)cc43)[C@@H]2C)cc1. The minimum absolute atomic E-state index is 0.0365. The first-order chi connectivity index (χ1) is 32.0. The molecule has 0 saturated carbocycles. The molecular weight excluding hydrogens is 847 g/mol. The predicted octanol–water partition coefficient (Wildman–Crippen LogP) is 8.89. The van der Waals surface area contributed by atoms with Crippen LogP contribution in [-0.2, 0) is 39.4 Å². The van der Waals surface area contributed by atoms with E-state index >= 15 is 4.79 Å². The molecule has 6 aromatic carbocycles. The van der Waals surface area contributed by atoms with Crippen molar-refractivity contribution < 1.29 is 38.4 Å². The van der Waals surface area contributed by atoms with Crippen LogP contribution in [0.2, 0.25) is 18.6 Å². The van der Waals surface area contributed by atoms with Crippen molar-refractivity contribution in [1.82, 2.24) is 4.90 Å². The van der Waals surface area contributed by atoms with Crippen molar-refractivity contribution >= 4 is 48.0 Å². The quantitative estimate of drug-likeness (QED) is 0.136. The number of nitrogens with zero attached hydrogens (tertiary/aromatic N) is 3. The van der Waals surface area contributed by atoms with Crippen LogP contribution in [0, 0.1) is 5.92 Å². The fourth-order valence-corrected chi connectivity index (χ4v) is 15.2. The Kier molecular flexibility index (Phi) is 11.1. The van der Waals surface area contributed by atoms with Gasteiger partial charge in [-0.05, 0) is 95.4 Å². The maximum atomic E-state index is 15.8. The highest BCUT2D eigenvalue weighted by atomic mass is 28.3. The molecule has 0 aromatic heterocycles. The molecule has 11 nitrogen and oxygen atoms in total. The first-order valence-corrected chi connectivity index (χ1v) is 25.6. The van der Waals surface area contributed by atoms with Crippen LogP contribution in [0.1, 0.15) is 46.0 Å². The second-order valence-corrected chi connectivity index (χ2v) is 23.0. The van der Waals surface area contributed by atoms with Gasteiger partial charge in [-0.1, -0.05) is 98.0 Å². The van der Waals surface area contributed by atoms with E-state index in [1.165, 1.54) is 0 Å². The highest BCUT2D eigenvalue weighted by molar-refractivity contribution is 6.91. The molecule has 6 aromatic rings. The van der Waals surface area contributed by atoms with Gasteiger partial charge in [0, 0.05) is 23.7 Å². The molecule has 3 amide bonds. The van der Waals surface area contributed by atoms with Crippen molar-refractivity contribution in [3.63, 3.8) is 0 Å². The van der Waals surface area contributed by atoms with Crippen molar-refractivity contribution in [2.45, 2.75) is 69.2 Å². The molecule has 4 aliphatic rings. The van der Waals surface area contributed by atoms with Crippen LogP contribution in [-0.4, -0.2) is 68.8 Å². The molecule has 1 N–H and O–H groups in total. The third-order valence-corrected chi connectivity index (χ3v) is 18.8. The molecule has 0 unspecified atom stereocenters. The van der Waals surface area contributed by atoms with Crippen molar-refractivity contribution in [1.29, 1.82) is 0 Å². The lowest BCUT2D eigenvalue weighted by Crippen LogP contribution is -2.52. The number of carbonyl (C=O) groups is 3. The lowest BCUT2D eigenvalue weighted by atomic mass is 9.82. The Morgan fingerprint density at radius 2 is 1.48 bits per heavy atom. The molecule has 1 spiro atoms. The number of para-hydroxylation sites is 3. The van der Waals surface area contributed by atoms with Crippen molar-refractivity contribution in [3.05, 3.63) is 167 Å². The molecule has 5 atom stereocenters. The molecule has 0 bridgehead atoms. The number of rotatable bonds is 10. The van der Waals surface area contributed by atoms with E-state index in [0.29, 0.717) is 58.4 Å². The maximum Gasteiger partial charge on any atom is 0.266 e. The molecule has 4 heterocycles. The molecule has 1 fully saturated rings. The molecule has 0 radical (unpaired) electrons.